The minimum atomic E-state index is -4.22. The molecule has 0 unspecified atom stereocenters. The topological polar surface area (TPSA) is 84.9 Å². The van der Waals surface area contributed by atoms with E-state index < -0.39 is 28.3 Å². The maximum atomic E-state index is 13.6. The van der Waals surface area contributed by atoms with Gasteiger partial charge in [-0.25, -0.2) is 12.8 Å². The lowest BCUT2D eigenvalue weighted by atomic mass is 10.0. The summed E-state index contributed by atoms with van der Waals surface area (Å²) in [5.74, 6) is -0.448. The first-order chi connectivity index (χ1) is 16.6. The zero-order chi connectivity index (χ0) is 25.8. The fourth-order valence-corrected chi connectivity index (χ4v) is 5.27. The van der Waals surface area contributed by atoms with Gasteiger partial charge in [-0.3, -0.25) is 9.10 Å². The van der Waals surface area contributed by atoms with Crippen molar-refractivity contribution in [3.63, 3.8) is 0 Å². The summed E-state index contributed by atoms with van der Waals surface area (Å²) in [4.78, 5) is 12.9. The molecule has 0 aromatic heterocycles. The number of sulfonamides is 1. The van der Waals surface area contributed by atoms with Gasteiger partial charge in [-0.2, -0.15) is 0 Å². The van der Waals surface area contributed by atoms with E-state index in [1.54, 1.807) is 0 Å². The highest BCUT2D eigenvalue weighted by atomic mass is 32.2. The second-order valence-corrected chi connectivity index (χ2v) is 10.0. The normalized spacial score (nSPS) is 12.1. The van der Waals surface area contributed by atoms with Gasteiger partial charge in [0.1, 0.15) is 12.4 Å². The summed E-state index contributed by atoms with van der Waals surface area (Å²) in [5.41, 5.74) is 3.20. The number of anilines is 1. The number of carbonyl (C=O) groups excluding carboxylic acids is 1. The molecule has 0 spiro atoms. The van der Waals surface area contributed by atoms with Crippen LogP contribution in [0.1, 0.15) is 29.7 Å². The molecular formula is C26H29FN2O5S. The van der Waals surface area contributed by atoms with Gasteiger partial charge in [-0.05, 0) is 68.3 Å². The Labute approximate surface area is 205 Å². The fourth-order valence-electron chi connectivity index (χ4n) is 3.83. The molecule has 0 saturated carbocycles. The smallest absolute Gasteiger partial charge is 0.264 e. The van der Waals surface area contributed by atoms with Crippen LogP contribution >= 0.6 is 0 Å². The minimum absolute atomic E-state index is 0.102. The molecule has 3 rings (SSSR count). The van der Waals surface area contributed by atoms with E-state index in [1.807, 2.05) is 39.0 Å². The largest absolute Gasteiger partial charge is 0.493 e. The molecule has 0 bridgehead atoms. The van der Waals surface area contributed by atoms with Crippen LogP contribution in [0.2, 0.25) is 0 Å². The van der Waals surface area contributed by atoms with Gasteiger partial charge in [-0.15, -0.1) is 0 Å². The molecule has 9 heteroatoms. The van der Waals surface area contributed by atoms with E-state index in [1.165, 1.54) is 44.6 Å². The third-order valence-corrected chi connectivity index (χ3v) is 7.38. The number of hydrogen-bond acceptors (Lipinski definition) is 5. The van der Waals surface area contributed by atoms with Crippen LogP contribution in [0.25, 0.3) is 0 Å². The quantitative estimate of drug-likeness (QED) is 0.467. The third-order valence-electron chi connectivity index (χ3n) is 5.61. The van der Waals surface area contributed by atoms with Crippen molar-refractivity contribution in [1.82, 2.24) is 5.32 Å². The van der Waals surface area contributed by atoms with Crippen molar-refractivity contribution >= 4 is 21.6 Å². The number of benzene rings is 3. The maximum Gasteiger partial charge on any atom is 0.264 e. The van der Waals surface area contributed by atoms with Crippen molar-refractivity contribution in [3.05, 3.63) is 83.2 Å². The van der Waals surface area contributed by atoms with Crippen molar-refractivity contribution < 1.29 is 27.1 Å². The van der Waals surface area contributed by atoms with Crippen LogP contribution in [0.5, 0.6) is 11.5 Å². The summed E-state index contributed by atoms with van der Waals surface area (Å²) >= 11 is 0. The molecule has 3 aromatic rings. The first-order valence-corrected chi connectivity index (χ1v) is 12.4. The number of nitrogens with one attached hydrogen (secondary N) is 1. The van der Waals surface area contributed by atoms with Crippen molar-refractivity contribution in [2.75, 3.05) is 25.1 Å². The zero-order valence-corrected chi connectivity index (χ0v) is 21.1. The molecule has 1 atom stereocenters. The highest BCUT2D eigenvalue weighted by molar-refractivity contribution is 7.92. The molecule has 0 fully saturated rings. The summed E-state index contributed by atoms with van der Waals surface area (Å²) in [7, 11) is -1.38. The van der Waals surface area contributed by atoms with E-state index in [9.17, 15) is 17.6 Å². The number of amides is 1. The zero-order valence-electron chi connectivity index (χ0n) is 20.3. The number of rotatable bonds is 9. The molecule has 0 radical (unpaired) electrons. The van der Waals surface area contributed by atoms with Crippen LogP contribution in [-0.4, -0.2) is 35.1 Å². The summed E-state index contributed by atoms with van der Waals surface area (Å²) in [5, 5.41) is 2.87. The highest BCUT2D eigenvalue weighted by Crippen LogP contribution is 2.32. The Hall–Kier alpha value is -3.59. The third kappa shape index (κ3) is 5.92. The van der Waals surface area contributed by atoms with Gasteiger partial charge in [-0.1, -0.05) is 23.8 Å². The number of hydrogen-bond donors (Lipinski definition) is 1. The highest BCUT2D eigenvalue weighted by Gasteiger charge is 2.29. The van der Waals surface area contributed by atoms with Gasteiger partial charge in [0.25, 0.3) is 10.0 Å². The number of halogens is 1. The molecule has 35 heavy (non-hydrogen) atoms. The molecule has 0 aliphatic heterocycles. The number of aryl methyl sites for hydroxylation is 2. The minimum Gasteiger partial charge on any atom is -0.493 e. The Morgan fingerprint density at radius 3 is 2.23 bits per heavy atom. The maximum absolute atomic E-state index is 13.6. The number of nitrogens with zero attached hydrogens (tertiary/aromatic N) is 1. The van der Waals surface area contributed by atoms with Gasteiger partial charge >= 0.3 is 0 Å². The predicted molar refractivity (Wildman–Crippen MR) is 133 cm³/mol. The lowest BCUT2D eigenvalue weighted by Crippen LogP contribution is -2.41. The van der Waals surface area contributed by atoms with Crippen molar-refractivity contribution in [3.8, 4) is 11.5 Å². The Balaban J connectivity index is 1.94. The Morgan fingerprint density at radius 1 is 0.971 bits per heavy atom. The molecule has 3 aromatic carbocycles. The summed E-state index contributed by atoms with van der Waals surface area (Å²) in [6.45, 7) is 5.27. The lowest BCUT2D eigenvalue weighted by molar-refractivity contribution is -0.120. The van der Waals surface area contributed by atoms with Crippen LogP contribution in [0, 0.1) is 19.7 Å². The molecule has 1 N–H and O–H groups in total. The van der Waals surface area contributed by atoms with Crippen LogP contribution in [-0.2, 0) is 14.8 Å². The van der Waals surface area contributed by atoms with E-state index in [-0.39, 0.29) is 22.4 Å². The Kier molecular flexibility index (Phi) is 8.01. The summed E-state index contributed by atoms with van der Waals surface area (Å²) < 4.78 is 52.2. The van der Waals surface area contributed by atoms with Gasteiger partial charge in [0.15, 0.2) is 11.5 Å². The average Bonchev–Trinajstić information content (AvgIpc) is 2.82. The van der Waals surface area contributed by atoms with Gasteiger partial charge in [0.05, 0.1) is 30.8 Å². The van der Waals surface area contributed by atoms with Crippen molar-refractivity contribution in [2.24, 2.45) is 0 Å². The van der Waals surface area contributed by atoms with E-state index in [4.69, 9.17) is 9.47 Å². The summed E-state index contributed by atoms with van der Waals surface area (Å²) in [6, 6.07) is 14.6. The lowest BCUT2D eigenvalue weighted by Gasteiger charge is -2.26. The van der Waals surface area contributed by atoms with E-state index in [0.29, 0.717) is 5.75 Å². The fraction of sp³-hybridized carbons (Fsp3) is 0.269. The van der Waals surface area contributed by atoms with Crippen LogP contribution in [0.3, 0.4) is 0 Å². The average molecular weight is 501 g/mol. The van der Waals surface area contributed by atoms with Crippen LogP contribution in [0.4, 0.5) is 10.1 Å². The van der Waals surface area contributed by atoms with Crippen molar-refractivity contribution in [2.45, 2.75) is 31.7 Å². The second-order valence-electron chi connectivity index (χ2n) is 8.15. The van der Waals surface area contributed by atoms with Crippen molar-refractivity contribution in [1.29, 1.82) is 0 Å². The van der Waals surface area contributed by atoms with E-state index >= 15 is 0 Å². The van der Waals surface area contributed by atoms with E-state index in [2.05, 4.69) is 5.32 Å². The molecular weight excluding hydrogens is 471 g/mol. The molecule has 186 valence electrons. The molecule has 1 amide bonds. The Morgan fingerprint density at radius 2 is 1.63 bits per heavy atom. The van der Waals surface area contributed by atoms with Gasteiger partial charge in [0.2, 0.25) is 5.91 Å². The van der Waals surface area contributed by atoms with E-state index in [0.717, 1.165) is 33.1 Å². The monoisotopic (exact) mass is 500 g/mol. The summed E-state index contributed by atoms with van der Waals surface area (Å²) in [6.07, 6.45) is 0. The van der Waals surface area contributed by atoms with Crippen LogP contribution in [0.15, 0.2) is 65.6 Å². The number of methoxy groups -OCH3 is 2. The molecule has 0 aliphatic rings. The SMILES string of the molecule is COc1ccc(S(=O)(=O)N(CC(=O)N[C@H](C)c2ccc(C)cc2C)c2ccc(F)cc2)cc1OC. The number of ether oxygens (including phenoxy) is 2. The van der Waals surface area contributed by atoms with Gasteiger partial charge in [0, 0.05) is 6.07 Å². The Bertz CT molecular complexity index is 1310. The molecule has 0 heterocycles. The predicted octanol–water partition coefficient (Wildman–Crippen LogP) is 4.53. The molecule has 0 saturated heterocycles. The first kappa shape index (κ1) is 26.0. The molecule has 0 aliphatic carbocycles. The second kappa shape index (κ2) is 10.8. The van der Waals surface area contributed by atoms with Crippen LogP contribution < -0.4 is 19.1 Å². The van der Waals surface area contributed by atoms with Gasteiger partial charge < -0.3 is 14.8 Å². The number of carbonyl (C=O) groups is 1. The first-order valence-electron chi connectivity index (χ1n) is 10.9. The standard InChI is InChI=1S/C26H29FN2O5S/c1-17-6-12-23(18(2)14-17)19(3)28-26(30)16-29(21-9-7-20(27)8-10-21)35(31,32)22-11-13-24(33-4)25(15-22)34-5/h6-15,19H,16H2,1-5H3,(H,28,30)/t19-/m1/s1. The molecule has 7 nitrogen and oxygen atoms in total.